The quantitative estimate of drug-likeness (QED) is 0.725. The van der Waals surface area contributed by atoms with Crippen molar-refractivity contribution in [2.75, 3.05) is 7.11 Å². The second-order valence-electron chi connectivity index (χ2n) is 2.34. The number of thiazole rings is 1. The molecule has 1 aromatic heterocycles. The first kappa shape index (κ1) is 10.5. The summed E-state index contributed by atoms with van der Waals surface area (Å²) in [5, 5.41) is 0. The number of H-pyrrole nitrogens is 1. The normalized spacial score (nSPS) is 8.93. The average molecular weight is 211 g/mol. The zero-order chi connectivity index (χ0) is 10.4. The maximum absolute atomic E-state index is 10.8. The van der Waals surface area contributed by atoms with Gasteiger partial charge in [0.1, 0.15) is 0 Å². The number of rotatable bonds is 1. The maximum Gasteiger partial charge on any atom is 0.305 e. The van der Waals surface area contributed by atoms with E-state index < -0.39 is 0 Å². The van der Waals surface area contributed by atoms with Crippen molar-refractivity contribution < 1.29 is 9.53 Å². The van der Waals surface area contributed by atoms with Crippen LogP contribution >= 0.6 is 11.3 Å². The van der Waals surface area contributed by atoms with Crippen molar-refractivity contribution in [3.63, 3.8) is 0 Å². The average Bonchev–Trinajstić information content (AvgIpc) is 2.58. The molecule has 1 aromatic carbocycles. The molecule has 1 N–H and O–H groups in total. The van der Waals surface area contributed by atoms with E-state index in [2.05, 4.69) is 9.72 Å². The Morgan fingerprint density at radius 3 is 2.64 bits per heavy atom. The van der Waals surface area contributed by atoms with Gasteiger partial charge in [0.25, 0.3) is 6.47 Å². The Bertz CT molecular complexity index is 424. The lowest BCUT2D eigenvalue weighted by molar-refractivity contribution is -0.126. The SMILES string of the molecule is COC=O.O=c1[nH]c2ccccc2s1. The molecule has 0 radical (unpaired) electrons. The fourth-order valence-electron chi connectivity index (χ4n) is 0.894. The van der Waals surface area contributed by atoms with Crippen molar-refractivity contribution in [2.45, 2.75) is 0 Å². The Kier molecular flexibility index (Phi) is 3.87. The number of benzene rings is 1. The Hall–Kier alpha value is -1.62. The highest BCUT2D eigenvalue weighted by Crippen LogP contribution is 2.11. The van der Waals surface area contributed by atoms with Crippen molar-refractivity contribution in [1.82, 2.24) is 4.98 Å². The predicted molar refractivity (Wildman–Crippen MR) is 55.5 cm³/mol. The molecular formula is C9H9NO3S. The molecule has 4 nitrogen and oxygen atoms in total. The maximum atomic E-state index is 10.8. The van der Waals surface area contributed by atoms with Crippen LogP contribution in [0.25, 0.3) is 10.2 Å². The van der Waals surface area contributed by atoms with Gasteiger partial charge in [-0.05, 0) is 12.1 Å². The molecule has 5 heteroatoms. The largest absolute Gasteiger partial charge is 0.471 e. The number of carbonyl (C=O) groups excluding carboxylic acids is 1. The highest BCUT2D eigenvalue weighted by Gasteiger charge is 1.93. The topological polar surface area (TPSA) is 59.2 Å². The van der Waals surface area contributed by atoms with E-state index in [0.717, 1.165) is 10.2 Å². The van der Waals surface area contributed by atoms with E-state index in [0.29, 0.717) is 6.47 Å². The molecule has 0 fully saturated rings. The molecule has 14 heavy (non-hydrogen) atoms. The van der Waals surface area contributed by atoms with E-state index in [1.165, 1.54) is 18.4 Å². The third-order valence-corrected chi connectivity index (χ3v) is 2.29. The summed E-state index contributed by atoms with van der Waals surface area (Å²) in [7, 11) is 1.31. The summed E-state index contributed by atoms with van der Waals surface area (Å²) >= 11 is 1.24. The van der Waals surface area contributed by atoms with Crippen molar-refractivity contribution in [1.29, 1.82) is 0 Å². The van der Waals surface area contributed by atoms with Crippen LogP contribution < -0.4 is 4.87 Å². The third kappa shape index (κ3) is 2.70. The molecule has 0 saturated carbocycles. The molecule has 0 saturated heterocycles. The highest BCUT2D eigenvalue weighted by molar-refractivity contribution is 7.16. The lowest BCUT2D eigenvalue weighted by atomic mass is 10.3. The molecule has 0 unspecified atom stereocenters. The minimum Gasteiger partial charge on any atom is -0.471 e. The zero-order valence-corrected chi connectivity index (χ0v) is 8.34. The smallest absolute Gasteiger partial charge is 0.305 e. The van der Waals surface area contributed by atoms with Crippen LogP contribution in [0.15, 0.2) is 29.1 Å². The fourth-order valence-corrected chi connectivity index (χ4v) is 1.63. The first-order valence-corrected chi connectivity index (χ1v) is 4.64. The van der Waals surface area contributed by atoms with Gasteiger partial charge in [-0.1, -0.05) is 23.5 Å². The van der Waals surface area contributed by atoms with Crippen LogP contribution in [0.2, 0.25) is 0 Å². The number of para-hydroxylation sites is 1. The summed E-state index contributed by atoms with van der Waals surface area (Å²) in [5.74, 6) is 0. The molecule has 0 aliphatic heterocycles. The lowest BCUT2D eigenvalue weighted by Gasteiger charge is -1.81. The second kappa shape index (κ2) is 5.18. The van der Waals surface area contributed by atoms with Crippen LogP contribution in [-0.4, -0.2) is 18.6 Å². The summed E-state index contributed by atoms with van der Waals surface area (Å²) in [5.41, 5.74) is 0.928. The number of aromatic amines is 1. The van der Waals surface area contributed by atoms with E-state index >= 15 is 0 Å². The molecule has 0 aliphatic rings. The van der Waals surface area contributed by atoms with Gasteiger partial charge in [0.05, 0.1) is 17.3 Å². The van der Waals surface area contributed by atoms with Gasteiger partial charge < -0.3 is 9.72 Å². The highest BCUT2D eigenvalue weighted by atomic mass is 32.1. The number of nitrogens with one attached hydrogen (secondary N) is 1. The van der Waals surface area contributed by atoms with Crippen LogP contribution in [0, 0.1) is 0 Å². The van der Waals surface area contributed by atoms with E-state index in [1.54, 1.807) is 0 Å². The number of carbonyl (C=O) groups is 1. The van der Waals surface area contributed by atoms with E-state index in [1.807, 2.05) is 24.3 Å². The predicted octanol–water partition coefficient (Wildman–Crippen LogP) is 1.38. The van der Waals surface area contributed by atoms with Crippen LogP contribution in [0.1, 0.15) is 0 Å². The van der Waals surface area contributed by atoms with Gasteiger partial charge in [-0.25, -0.2) is 0 Å². The van der Waals surface area contributed by atoms with Gasteiger partial charge in [0.15, 0.2) is 0 Å². The van der Waals surface area contributed by atoms with Crippen molar-refractivity contribution in [3.05, 3.63) is 33.9 Å². The van der Waals surface area contributed by atoms with Crippen molar-refractivity contribution in [3.8, 4) is 0 Å². The van der Waals surface area contributed by atoms with Gasteiger partial charge in [0.2, 0.25) is 0 Å². The minimum atomic E-state index is 0.0150. The molecule has 74 valence electrons. The van der Waals surface area contributed by atoms with Crippen molar-refractivity contribution >= 4 is 28.0 Å². The summed E-state index contributed by atoms with van der Waals surface area (Å²) < 4.78 is 4.88. The van der Waals surface area contributed by atoms with Gasteiger partial charge in [-0.3, -0.25) is 9.59 Å². The molecule has 0 atom stereocenters. The van der Waals surface area contributed by atoms with E-state index in [9.17, 15) is 4.79 Å². The van der Waals surface area contributed by atoms with E-state index in [4.69, 9.17) is 4.79 Å². The summed E-state index contributed by atoms with van der Waals surface area (Å²) in [6, 6.07) is 7.65. The monoisotopic (exact) mass is 211 g/mol. The number of hydrogen-bond acceptors (Lipinski definition) is 4. The van der Waals surface area contributed by atoms with Gasteiger partial charge >= 0.3 is 4.87 Å². The summed E-state index contributed by atoms with van der Waals surface area (Å²) in [4.78, 5) is 22.4. The van der Waals surface area contributed by atoms with Crippen LogP contribution in [-0.2, 0) is 9.53 Å². The molecule has 0 bridgehead atoms. The standard InChI is InChI=1S/C7H5NOS.C2H4O2/c9-7-8-5-3-1-2-4-6(5)10-7;1-4-2-3/h1-4H,(H,8,9);2H,1H3. The van der Waals surface area contributed by atoms with Crippen LogP contribution in [0.4, 0.5) is 0 Å². The second-order valence-corrected chi connectivity index (χ2v) is 3.36. The Morgan fingerprint density at radius 1 is 1.43 bits per heavy atom. The molecular weight excluding hydrogens is 202 g/mol. The first-order chi connectivity index (χ1) is 6.77. The molecule has 0 amide bonds. The number of hydrogen-bond donors (Lipinski definition) is 1. The zero-order valence-electron chi connectivity index (χ0n) is 7.52. The number of fused-ring (bicyclic) bond motifs is 1. The van der Waals surface area contributed by atoms with Crippen molar-refractivity contribution in [2.24, 2.45) is 0 Å². The summed E-state index contributed by atoms with van der Waals surface area (Å²) in [6.45, 7) is 0.375. The van der Waals surface area contributed by atoms with E-state index in [-0.39, 0.29) is 4.87 Å². The lowest BCUT2D eigenvalue weighted by Crippen LogP contribution is -1.89. The minimum absolute atomic E-state index is 0.0150. The van der Waals surface area contributed by atoms with Gasteiger partial charge in [-0.15, -0.1) is 0 Å². The first-order valence-electron chi connectivity index (χ1n) is 3.82. The molecule has 2 rings (SSSR count). The number of ether oxygens (including phenoxy) is 1. The fraction of sp³-hybridized carbons (Fsp3) is 0.111. The molecule has 2 aromatic rings. The number of aromatic nitrogens is 1. The Labute approximate surface area is 84.1 Å². The Balaban J connectivity index is 0.000000213. The van der Waals surface area contributed by atoms with Crippen LogP contribution in [0.3, 0.4) is 0 Å². The molecule has 0 aliphatic carbocycles. The van der Waals surface area contributed by atoms with Gasteiger partial charge in [0, 0.05) is 0 Å². The van der Waals surface area contributed by atoms with Crippen LogP contribution in [0.5, 0.6) is 0 Å². The molecule has 0 spiro atoms. The summed E-state index contributed by atoms with van der Waals surface area (Å²) in [6.07, 6.45) is 0. The number of methoxy groups -OCH3 is 1. The van der Waals surface area contributed by atoms with Gasteiger partial charge in [-0.2, -0.15) is 0 Å². The molecule has 1 heterocycles. The third-order valence-electron chi connectivity index (χ3n) is 1.42. The Morgan fingerprint density at radius 2 is 2.07 bits per heavy atom.